The Kier molecular flexibility index (Phi) is 3.18. The number of rotatable bonds is 2. The third-order valence-corrected chi connectivity index (χ3v) is 1.64. The second-order valence-corrected chi connectivity index (χ2v) is 2.63. The molecule has 0 spiro atoms. The maximum Gasteiger partial charge on any atom is 0.000580 e. The van der Waals surface area contributed by atoms with Crippen LogP contribution in [0.3, 0.4) is 0 Å². The van der Waals surface area contributed by atoms with Gasteiger partial charge >= 0.3 is 0 Å². The van der Waals surface area contributed by atoms with Crippen LogP contribution in [-0.4, -0.2) is 0 Å². The summed E-state index contributed by atoms with van der Waals surface area (Å²) in [6, 6.07) is 8.10. The minimum Gasteiger partial charge on any atom is -0.0933 e. The van der Waals surface area contributed by atoms with Crippen molar-refractivity contribution in [2.75, 3.05) is 0 Å². The molecule has 0 bridgehead atoms. The van der Waals surface area contributed by atoms with Gasteiger partial charge in [0.05, 0.1) is 0 Å². The normalized spacial score (nSPS) is 10.7. The lowest BCUT2D eigenvalue weighted by Crippen LogP contribution is -1.79. The van der Waals surface area contributed by atoms with Gasteiger partial charge in [0.1, 0.15) is 0 Å². The van der Waals surface area contributed by atoms with Crippen molar-refractivity contribution in [3.05, 3.63) is 53.9 Å². The molecule has 1 aromatic rings. The largest absolute Gasteiger partial charge is 0.0933 e. The van der Waals surface area contributed by atoms with E-state index in [-0.39, 0.29) is 0 Å². The molecule has 0 nitrogen and oxygen atoms in total. The molecular weight excluding hydrogens is 156 g/mol. The fraction of sp³-hybridized carbons (Fsp3) is 0.100. The van der Waals surface area contributed by atoms with Gasteiger partial charge in [0.15, 0.2) is 0 Å². The molecule has 57 valence electrons. The zero-order valence-corrected chi connectivity index (χ0v) is 7.01. The highest BCUT2D eigenvalue weighted by Gasteiger charge is 1.87. The van der Waals surface area contributed by atoms with Crippen molar-refractivity contribution in [3.63, 3.8) is 0 Å². The highest BCUT2D eigenvalue weighted by atomic mass is 35.5. The molecule has 0 aliphatic carbocycles. The summed E-state index contributed by atoms with van der Waals surface area (Å²) in [5.74, 6) is 0. The first kappa shape index (κ1) is 8.35. The first-order chi connectivity index (χ1) is 5.33. The van der Waals surface area contributed by atoms with E-state index in [0.29, 0.717) is 0 Å². The minimum absolute atomic E-state index is 0.893. The van der Waals surface area contributed by atoms with Gasteiger partial charge in [0.2, 0.25) is 0 Å². The van der Waals surface area contributed by atoms with E-state index < -0.39 is 0 Å². The van der Waals surface area contributed by atoms with E-state index in [4.69, 9.17) is 11.6 Å². The van der Waals surface area contributed by atoms with Gasteiger partial charge in [-0.25, -0.2) is 0 Å². The first-order valence-corrected chi connectivity index (χ1v) is 3.92. The van der Waals surface area contributed by atoms with E-state index in [1.54, 1.807) is 0 Å². The van der Waals surface area contributed by atoms with Crippen LogP contribution in [-0.2, 0) is 6.42 Å². The molecule has 1 radical (unpaired) electrons. The van der Waals surface area contributed by atoms with E-state index in [1.807, 2.05) is 18.2 Å². The number of halogens is 1. The van der Waals surface area contributed by atoms with Crippen molar-refractivity contribution in [1.29, 1.82) is 0 Å². The quantitative estimate of drug-likeness (QED) is 0.632. The predicted octanol–water partition coefficient (Wildman–Crippen LogP) is 3.16. The molecule has 0 saturated carbocycles. The Morgan fingerprint density at radius 2 is 1.91 bits per heavy atom. The molecule has 11 heavy (non-hydrogen) atoms. The van der Waals surface area contributed by atoms with Gasteiger partial charge in [-0.05, 0) is 24.5 Å². The van der Waals surface area contributed by atoms with Gasteiger partial charge in [-0.1, -0.05) is 41.9 Å². The Balaban J connectivity index is 2.66. The lowest BCUT2D eigenvalue weighted by Gasteiger charge is -1.95. The maximum absolute atomic E-state index is 5.39. The van der Waals surface area contributed by atoms with Crippen LogP contribution < -0.4 is 0 Å². The Morgan fingerprint density at radius 3 is 2.45 bits per heavy atom. The van der Waals surface area contributed by atoms with E-state index in [9.17, 15) is 0 Å². The van der Waals surface area contributed by atoms with Crippen molar-refractivity contribution in [2.24, 2.45) is 0 Å². The second kappa shape index (κ2) is 4.20. The van der Waals surface area contributed by atoms with Gasteiger partial charge in [0, 0.05) is 5.54 Å². The summed E-state index contributed by atoms with van der Waals surface area (Å²) in [5.41, 5.74) is 3.84. The molecule has 0 heterocycles. The summed E-state index contributed by atoms with van der Waals surface area (Å²) in [6.45, 7) is 3.80. The monoisotopic (exact) mass is 165 g/mol. The zero-order valence-electron chi connectivity index (χ0n) is 6.26. The highest BCUT2D eigenvalue weighted by Crippen LogP contribution is 2.04. The van der Waals surface area contributed by atoms with E-state index in [2.05, 4.69) is 19.1 Å². The van der Waals surface area contributed by atoms with Gasteiger partial charge in [0.25, 0.3) is 0 Å². The minimum atomic E-state index is 0.893. The molecule has 0 aromatic heterocycles. The molecule has 0 aliphatic heterocycles. The van der Waals surface area contributed by atoms with Crippen molar-refractivity contribution < 1.29 is 0 Å². The van der Waals surface area contributed by atoms with Crippen LogP contribution in [0.2, 0.25) is 0 Å². The molecule has 0 unspecified atom stereocenters. The molecular formula is C10H10Cl. The summed E-state index contributed by atoms with van der Waals surface area (Å²) in [6.07, 6.45) is 2.81. The molecule has 0 N–H and O–H groups in total. The van der Waals surface area contributed by atoms with Gasteiger partial charge in [-0.15, -0.1) is 0 Å². The topological polar surface area (TPSA) is 0 Å². The highest BCUT2D eigenvalue weighted by molar-refractivity contribution is 6.25. The Hall–Kier alpha value is -0.750. The third kappa shape index (κ3) is 2.77. The number of hydrogen-bond acceptors (Lipinski definition) is 0. The van der Waals surface area contributed by atoms with Gasteiger partial charge < -0.3 is 0 Å². The average molecular weight is 166 g/mol. The number of benzene rings is 1. The van der Waals surface area contributed by atoms with E-state index in [1.165, 1.54) is 11.1 Å². The summed E-state index contributed by atoms with van der Waals surface area (Å²) in [4.78, 5) is 0. The Bertz CT molecular complexity index is 234. The summed E-state index contributed by atoms with van der Waals surface area (Å²) in [5, 5.41) is 0. The predicted molar refractivity (Wildman–Crippen MR) is 49.6 cm³/mol. The number of allylic oxidation sites excluding steroid dienone is 1. The van der Waals surface area contributed by atoms with Gasteiger partial charge in [-0.2, -0.15) is 0 Å². The van der Waals surface area contributed by atoms with Crippen molar-refractivity contribution in [1.82, 2.24) is 0 Å². The maximum atomic E-state index is 5.39. The fourth-order valence-corrected chi connectivity index (χ4v) is 0.945. The first-order valence-electron chi connectivity index (χ1n) is 3.49. The molecule has 0 amide bonds. The summed E-state index contributed by atoms with van der Waals surface area (Å²) in [7, 11) is 0. The summed E-state index contributed by atoms with van der Waals surface area (Å²) < 4.78 is 0. The zero-order chi connectivity index (χ0) is 8.10. The molecule has 0 fully saturated rings. The van der Waals surface area contributed by atoms with Crippen LogP contribution in [0.25, 0.3) is 0 Å². The molecule has 1 heteroatoms. The molecule has 0 aliphatic rings. The fourth-order valence-electron chi connectivity index (χ4n) is 0.856. The van der Waals surface area contributed by atoms with Crippen LogP contribution in [0, 0.1) is 6.92 Å². The van der Waals surface area contributed by atoms with Crippen molar-refractivity contribution in [2.45, 2.75) is 6.42 Å². The van der Waals surface area contributed by atoms with Crippen molar-refractivity contribution in [3.8, 4) is 0 Å². The SMILES string of the molecule is [CH2]c1ccc(CC=CCl)cc1. The van der Waals surface area contributed by atoms with Crippen LogP contribution >= 0.6 is 11.6 Å². The van der Waals surface area contributed by atoms with E-state index >= 15 is 0 Å². The Morgan fingerprint density at radius 1 is 1.27 bits per heavy atom. The van der Waals surface area contributed by atoms with Crippen LogP contribution in [0.5, 0.6) is 0 Å². The van der Waals surface area contributed by atoms with Gasteiger partial charge in [-0.3, -0.25) is 0 Å². The van der Waals surface area contributed by atoms with E-state index in [0.717, 1.165) is 12.0 Å². The average Bonchev–Trinajstić information content (AvgIpc) is 2.04. The van der Waals surface area contributed by atoms with Crippen molar-refractivity contribution >= 4 is 11.6 Å². The standard InChI is InChI=1S/C10H10Cl/c1-9-4-6-10(7-5-9)3-2-8-11/h2,4-8H,1,3H2. The van der Waals surface area contributed by atoms with Crippen LogP contribution in [0.4, 0.5) is 0 Å². The smallest absolute Gasteiger partial charge is 0.000580 e. The third-order valence-electron chi connectivity index (χ3n) is 1.47. The lowest BCUT2D eigenvalue weighted by molar-refractivity contribution is 1.27. The summed E-state index contributed by atoms with van der Waals surface area (Å²) >= 11 is 5.39. The van der Waals surface area contributed by atoms with Crippen LogP contribution in [0.1, 0.15) is 11.1 Å². The number of hydrogen-bond donors (Lipinski definition) is 0. The molecule has 0 atom stereocenters. The lowest BCUT2D eigenvalue weighted by atomic mass is 10.1. The van der Waals surface area contributed by atoms with Crippen LogP contribution in [0.15, 0.2) is 35.9 Å². The Labute approximate surface area is 72.5 Å². The second-order valence-electron chi connectivity index (χ2n) is 2.38. The molecule has 1 aromatic carbocycles. The molecule has 0 saturated heterocycles. The molecule has 1 rings (SSSR count).